The maximum atomic E-state index is 5.59. The first kappa shape index (κ1) is 12.7. The second-order valence-electron chi connectivity index (χ2n) is 5.61. The minimum Gasteiger partial charge on any atom is -0.395 e. The average Bonchev–Trinajstić information content (AvgIpc) is 3.30. The van der Waals surface area contributed by atoms with Crippen LogP contribution in [0.15, 0.2) is 35.5 Å². The molecule has 1 aromatic carbocycles. The lowest BCUT2D eigenvalue weighted by atomic mass is 9.89. The quantitative estimate of drug-likeness (QED) is 0.651. The fourth-order valence-corrected chi connectivity index (χ4v) is 2.56. The lowest BCUT2D eigenvalue weighted by Gasteiger charge is -2.24. The van der Waals surface area contributed by atoms with Gasteiger partial charge in [0.2, 0.25) is 0 Å². The van der Waals surface area contributed by atoms with E-state index in [0.717, 1.165) is 44.2 Å². The Morgan fingerprint density at radius 2 is 1.84 bits per heavy atom. The summed E-state index contributed by atoms with van der Waals surface area (Å²) in [6.45, 7) is 2.96. The maximum Gasteiger partial charge on any atom is 0.120 e. The highest BCUT2D eigenvalue weighted by Crippen LogP contribution is 2.29. The number of nitrogens with one attached hydrogen (secondary N) is 1. The van der Waals surface area contributed by atoms with Gasteiger partial charge >= 0.3 is 0 Å². The number of piperidine rings is 1. The lowest BCUT2D eigenvalue weighted by molar-refractivity contribution is 0.132. The zero-order valence-corrected chi connectivity index (χ0v) is 11.3. The van der Waals surface area contributed by atoms with Crippen molar-refractivity contribution in [2.24, 2.45) is 17.0 Å². The van der Waals surface area contributed by atoms with Crippen molar-refractivity contribution in [2.45, 2.75) is 25.7 Å². The normalized spacial score (nSPS) is 21.4. The van der Waals surface area contributed by atoms with Crippen molar-refractivity contribution < 1.29 is 4.84 Å². The van der Waals surface area contributed by atoms with E-state index in [1.165, 1.54) is 18.4 Å². The minimum atomic E-state index is 0.530. The molecule has 3 heteroatoms. The van der Waals surface area contributed by atoms with Gasteiger partial charge in [0.1, 0.15) is 6.61 Å². The fraction of sp³-hybridized carbons (Fsp3) is 0.562. The molecule has 2 fully saturated rings. The topological polar surface area (TPSA) is 33.6 Å². The van der Waals surface area contributed by atoms with E-state index in [1.807, 2.05) is 0 Å². The van der Waals surface area contributed by atoms with Crippen LogP contribution in [0, 0.1) is 11.8 Å². The molecule has 0 amide bonds. The van der Waals surface area contributed by atoms with Crippen molar-refractivity contribution in [1.82, 2.24) is 5.32 Å². The van der Waals surface area contributed by atoms with Crippen LogP contribution in [0.3, 0.4) is 0 Å². The first-order chi connectivity index (χ1) is 9.43. The van der Waals surface area contributed by atoms with Crippen LogP contribution in [-0.4, -0.2) is 25.4 Å². The highest BCUT2D eigenvalue weighted by Gasteiger charge is 2.24. The summed E-state index contributed by atoms with van der Waals surface area (Å²) in [7, 11) is 0. The third kappa shape index (κ3) is 3.57. The highest BCUT2D eigenvalue weighted by atomic mass is 16.6. The van der Waals surface area contributed by atoms with Crippen molar-refractivity contribution in [2.75, 3.05) is 19.7 Å². The summed E-state index contributed by atoms with van der Waals surface area (Å²) in [4.78, 5) is 5.59. The van der Waals surface area contributed by atoms with Crippen molar-refractivity contribution >= 4 is 5.71 Å². The Morgan fingerprint density at radius 3 is 2.53 bits per heavy atom. The van der Waals surface area contributed by atoms with Gasteiger partial charge in [-0.15, -0.1) is 0 Å². The molecule has 0 aromatic heterocycles. The summed E-state index contributed by atoms with van der Waals surface area (Å²) < 4.78 is 0. The Labute approximate surface area is 115 Å². The van der Waals surface area contributed by atoms with Gasteiger partial charge in [-0.05, 0) is 50.3 Å². The van der Waals surface area contributed by atoms with Crippen LogP contribution in [0.4, 0.5) is 0 Å². The van der Waals surface area contributed by atoms with Crippen LogP contribution in [0.25, 0.3) is 0 Å². The number of oxime groups is 1. The zero-order chi connectivity index (χ0) is 12.9. The predicted molar refractivity (Wildman–Crippen MR) is 77.2 cm³/mol. The first-order valence-corrected chi connectivity index (χ1v) is 7.39. The summed E-state index contributed by atoms with van der Waals surface area (Å²) in [5.41, 5.74) is 2.35. The van der Waals surface area contributed by atoms with Crippen molar-refractivity contribution in [3.05, 3.63) is 35.9 Å². The molecule has 2 aliphatic rings. The standard InChI is InChI=1S/C16H22N2O/c1-2-4-14(5-3-1)16(15-8-10-17-11-9-15)18-19-12-13-6-7-13/h1-5,13,15,17H,6-12H2/b18-16+. The predicted octanol–water partition coefficient (Wildman–Crippen LogP) is 2.82. The van der Waals surface area contributed by atoms with Crippen LogP contribution >= 0.6 is 0 Å². The second-order valence-corrected chi connectivity index (χ2v) is 5.61. The van der Waals surface area contributed by atoms with Crippen molar-refractivity contribution in [3.8, 4) is 0 Å². The van der Waals surface area contributed by atoms with E-state index >= 15 is 0 Å². The van der Waals surface area contributed by atoms with Gasteiger partial charge in [0.05, 0.1) is 5.71 Å². The van der Waals surface area contributed by atoms with Crippen molar-refractivity contribution in [3.63, 3.8) is 0 Å². The molecule has 0 radical (unpaired) electrons. The maximum absolute atomic E-state index is 5.59. The van der Waals surface area contributed by atoms with Gasteiger partial charge in [-0.3, -0.25) is 0 Å². The number of hydrogen-bond donors (Lipinski definition) is 1. The third-order valence-electron chi connectivity index (χ3n) is 3.97. The molecule has 1 saturated heterocycles. The molecule has 0 atom stereocenters. The number of nitrogens with zero attached hydrogens (tertiary/aromatic N) is 1. The van der Waals surface area contributed by atoms with Crippen LogP contribution < -0.4 is 5.32 Å². The second kappa shape index (κ2) is 6.20. The van der Waals surface area contributed by atoms with Gasteiger partial charge in [0.15, 0.2) is 0 Å². The van der Waals surface area contributed by atoms with E-state index in [4.69, 9.17) is 4.84 Å². The molecule has 19 heavy (non-hydrogen) atoms. The molecule has 1 aromatic rings. The Bertz CT molecular complexity index is 420. The molecule has 3 nitrogen and oxygen atoms in total. The monoisotopic (exact) mass is 258 g/mol. The van der Waals surface area contributed by atoms with E-state index in [2.05, 4.69) is 40.8 Å². The molecule has 1 aliphatic carbocycles. The fourth-order valence-electron chi connectivity index (χ4n) is 2.56. The molecule has 3 rings (SSSR count). The van der Waals surface area contributed by atoms with Crippen LogP contribution in [0.2, 0.25) is 0 Å². The van der Waals surface area contributed by atoms with Gasteiger partial charge < -0.3 is 10.2 Å². The Morgan fingerprint density at radius 1 is 1.11 bits per heavy atom. The Hall–Kier alpha value is -1.35. The lowest BCUT2D eigenvalue weighted by Crippen LogP contribution is -2.32. The number of rotatable bonds is 5. The Kier molecular flexibility index (Phi) is 4.13. The molecular formula is C16H22N2O. The van der Waals surface area contributed by atoms with Gasteiger partial charge in [0, 0.05) is 5.92 Å². The molecule has 0 unspecified atom stereocenters. The van der Waals surface area contributed by atoms with Crippen LogP contribution in [0.1, 0.15) is 31.2 Å². The largest absolute Gasteiger partial charge is 0.395 e. The molecule has 0 spiro atoms. The first-order valence-electron chi connectivity index (χ1n) is 7.39. The van der Waals surface area contributed by atoms with Crippen LogP contribution in [0.5, 0.6) is 0 Å². The third-order valence-corrected chi connectivity index (χ3v) is 3.97. The number of benzene rings is 1. The zero-order valence-electron chi connectivity index (χ0n) is 11.3. The van der Waals surface area contributed by atoms with Gasteiger partial charge in [-0.2, -0.15) is 0 Å². The summed E-state index contributed by atoms with van der Waals surface area (Å²) in [6, 6.07) is 10.5. The molecule has 1 saturated carbocycles. The molecule has 1 N–H and O–H groups in total. The number of hydrogen-bond acceptors (Lipinski definition) is 3. The SMILES string of the molecule is c1ccc(/C(=N\OCC2CC2)C2CCNCC2)cc1. The van der Waals surface area contributed by atoms with Gasteiger partial charge in [-0.25, -0.2) is 0 Å². The van der Waals surface area contributed by atoms with E-state index in [1.54, 1.807) is 0 Å². The van der Waals surface area contributed by atoms with E-state index in [0.29, 0.717) is 5.92 Å². The van der Waals surface area contributed by atoms with E-state index in [9.17, 15) is 0 Å². The Balaban J connectivity index is 1.73. The van der Waals surface area contributed by atoms with Crippen molar-refractivity contribution in [1.29, 1.82) is 0 Å². The van der Waals surface area contributed by atoms with Crippen LogP contribution in [-0.2, 0) is 4.84 Å². The average molecular weight is 258 g/mol. The minimum absolute atomic E-state index is 0.530. The smallest absolute Gasteiger partial charge is 0.120 e. The molecule has 102 valence electrons. The summed E-state index contributed by atoms with van der Waals surface area (Å²) in [5.74, 6) is 1.29. The summed E-state index contributed by atoms with van der Waals surface area (Å²) in [5, 5.41) is 7.90. The summed E-state index contributed by atoms with van der Waals surface area (Å²) in [6.07, 6.45) is 4.92. The van der Waals surface area contributed by atoms with Gasteiger partial charge in [0.25, 0.3) is 0 Å². The highest BCUT2D eigenvalue weighted by molar-refractivity contribution is 6.01. The molecular weight excluding hydrogens is 236 g/mol. The molecule has 0 bridgehead atoms. The summed E-state index contributed by atoms with van der Waals surface area (Å²) >= 11 is 0. The molecule has 1 heterocycles. The van der Waals surface area contributed by atoms with E-state index < -0.39 is 0 Å². The van der Waals surface area contributed by atoms with Gasteiger partial charge in [-0.1, -0.05) is 35.5 Å². The molecule has 1 aliphatic heterocycles. The van der Waals surface area contributed by atoms with E-state index in [-0.39, 0.29) is 0 Å².